The van der Waals surface area contributed by atoms with Crippen molar-refractivity contribution in [3.05, 3.63) is 54.1 Å². The number of carbonyl (C=O) groups excluding carboxylic acids is 1. The lowest BCUT2D eigenvalue weighted by Crippen LogP contribution is -2.14. The van der Waals surface area contributed by atoms with Crippen LogP contribution in [0.3, 0.4) is 0 Å². The van der Waals surface area contributed by atoms with Crippen LogP contribution in [0.2, 0.25) is 0 Å². The van der Waals surface area contributed by atoms with Gasteiger partial charge in [0.15, 0.2) is 0 Å². The van der Waals surface area contributed by atoms with Gasteiger partial charge in [-0.3, -0.25) is 0 Å². The molecule has 0 bridgehead atoms. The Hall–Kier alpha value is -1.81. The Morgan fingerprint density at radius 2 is 2.00 bits per heavy atom. The van der Waals surface area contributed by atoms with E-state index in [0.29, 0.717) is 5.69 Å². The van der Waals surface area contributed by atoms with Crippen molar-refractivity contribution in [1.82, 2.24) is 9.55 Å². The number of carbonyl (C=O) groups is 1. The topological polar surface area (TPSA) is 44.1 Å². The minimum atomic E-state index is -0.370. The standard InChI is InChI=1S/C13H14N2O2.ClH/c1-10(11-6-4-3-5-7-11)15-9-14-8-12(15)13(16)17-2;/h3-10H,1-2H3;1H/t10-;/m1./s1. The molecule has 2 aromatic rings. The van der Waals surface area contributed by atoms with Gasteiger partial charge in [0.25, 0.3) is 0 Å². The molecule has 96 valence electrons. The van der Waals surface area contributed by atoms with E-state index < -0.39 is 0 Å². The second kappa shape index (κ2) is 6.21. The minimum absolute atomic E-state index is 0. The predicted molar refractivity (Wildman–Crippen MR) is 71.1 cm³/mol. The number of hydrogen-bond donors (Lipinski definition) is 0. The van der Waals surface area contributed by atoms with Crippen LogP contribution in [0.15, 0.2) is 42.9 Å². The van der Waals surface area contributed by atoms with Crippen molar-refractivity contribution in [3.8, 4) is 0 Å². The zero-order chi connectivity index (χ0) is 12.3. The van der Waals surface area contributed by atoms with Crippen molar-refractivity contribution in [2.75, 3.05) is 7.11 Å². The Morgan fingerprint density at radius 1 is 1.33 bits per heavy atom. The van der Waals surface area contributed by atoms with Gasteiger partial charge in [0.2, 0.25) is 0 Å². The summed E-state index contributed by atoms with van der Waals surface area (Å²) in [6.07, 6.45) is 3.16. The van der Waals surface area contributed by atoms with Crippen LogP contribution >= 0.6 is 12.4 Å². The van der Waals surface area contributed by atoms with E-state index in [0.717, 1.165) is 5.56 Å². The molecule has 2 rings (SSSR count). The number of methoxy groups -OCH3 is 1. The summed E-state index contributed by atoms with van der Waals surface area (Å²) < 4.78 is 6.53. The molecule has 0 N–H and O–H groups in total. The number of nitrogens with zero attached hydrogens (tertiary/aromatic N) is 2. The zero-order valence-electron chi connectivity index (χ0n) is 10.2. The van der Waals surface area contributed by atoms with Crippen LogP contribution in [-0.4, -0.2) is 22.6 Å². The molecule has 0 aliphatic carbocycles. The maximum absolute atomic E-state index is 11.5. The van der Waals surface area contributed by atoms with Gasteiger partial charge in [0.05, 0.1) is 25.7 Å². The smallest absolute Gasteiger partial charge is 0.356 e. The molecule has 1 heterocycles. The van der Waals surface area contributed by atoms with Crippen molar-refractivity contribution in [3.63, 3.8) is 0 Å². The van der Waals surface area contributed by atoms with Crippen LogP contribution in [0.4, 0.5) is 0 Å². The second-order valence-electron chi connectivity index (χ2n) is 3.76. The molecule has 1 atom stereocenters. The summed E-state index contributed by atoms with van der Waals surface area (Å²) in [6, 6.07) is 10.00. The lowest BCUT2D eigenvalue weighted by molar-refractivity contribution is 0.0587. The van der Waals surface area contributed by atoms with Crippen molar-refractivity contribution >= 4 is 18.4 Å². The van der Waals surface area contributed by atoms with Gasteiger partial charge in [-0.1, -0.05) is 30.3 Å². The highest BCUT2D eigenvalue weighted by atomic mass is 35.5. The summed E-state index contributed by atoms with van der Waals surface area (Å²) in [5, 5.41) is 0. The van der Waals surface area contributed by atoms with Crippen LogP contribution in [-0.2, 0) is 4.74 Å². The van der Waals surface area contributed by atoms with Gasteiger partial charge in [0, 0.05) is 0 Å². The lowest BCUT2D eigenvalue weighted by Gasteiger charge is -2.15. The van der Waals surface area contributed by atoms with Gasteiger partial charge in [-0.15, -0.1) is 12.4 Å². The van der Waals surface area contributed by atoms with Gasteiger partial charge in [-0.05, 0) is 12.5 Å². The van der Waals surface area contributed by atoms with E-state index in [9.17, 15) is 4.79 Å². The van der Waals surface area contributed by atoms with Gasteiger partial charge in [-0.2, -0.15) is 0 Å². The molecule has 0 spiro atoms. The molecule has 0 saturated carbocycles. The fraction of sp³-hybridized carbons (Fsp3) is 0.231. The third kappa shape index (κ3) is 2.71. The van der Waals surface area contributed by atoms with Crippen LogP contribution in [0, 0.1) is 0 Å². The Labute approximate surface area is 112 Å². The number of rotatable bonds is 3. The van der Waals surface area contributed by atoms with Gasteiger partial charge < -0.3 is 9.30 Å². The molecule has 0 saturated heterocycles. The van der Waals surface area contributed by atoms with Crippen molar-refractivity contribution < 1.29 is 9.53 Å². The third-order valence-corrected chi connectivity index (χ3v) is 2.76. The molecule has 4 nitrogen and oxygen atoms in total. The Bertz CT molecular complexity index is 511. The van der Waals surface area contributed by atoms with Gasteiger partial charge in [0.1, 0.15) is 5.69 Å². The molecule has 1 aromatic carbocycles. The molecule has 18 heavy (non-hydrogen) atoms. The average molecular weight is 267 g/mol. The number of hydrogen-bond acceptors (Lipinski definition) is 3. The van der Waals surface area contributed by atoms with E-state index in [1.54, 1.807) is 10.9 Å². The highest BCUT2D eigenvalue weighted by Gasteiger charge is 2.16. The largest absolute Gasteiger partial charge is 0.464 e. The van der Waals surface area contributed by atoms with Crippen LogP contribution in [0.25, 0.3) is 0 Å². The second-order valence-corrected chi connectivity index (χ2v) is 3.76. The first-order chi connectivity index (χ1) is 8.24. The SMILES string of the molecule is COC(=O)c1cncn1[C@H](C)c1ccccc1.Cl. The Balaban J connectivity index is 0.00000162. The fourth-order valence-corrected chi connectivity index (χ4v) is 1.77. The van der Waals surface area contributed by atoms with Gasteiger partial charge in [-0.25, -0.2) is 9.78 Å². The van der Waals surface area contributed by atoms with E-state index in [2.05, 4.69) is 4.98 Å². The quantitative estimate of drug-likeness (QED) is 0.803. The molecule has 0 fully saturated rings. The number of halogens is 1. The maximum atomic E-state index is 11.5. The summed E-state index contributed by atoms with van der Waals surface area (Å²) in [7, 11) is 1.37. The third-order valence-electron chi connectivity index (χ3n) is 2.76. The Kier molecular flexibility index (Phi) is 4.92. The highest BCUT2D eigenvalue weighted by Crippen LogP contribution is 2.19. The van der Waals surface area contributed by atoms with E-state index in [-0.39, 0.29) is 24.4 Å². The summed E-state index contributed by atoms with van der Waals surface area (Å²) >= 11 is 0. The normalized spacial score (nSPS) is 11.4. The number of ether oxygens (including phenoxy) is 1. The summed E-state index contributed by atoms with van der Waals surface area (Å²) in [4.78, 5) is 15.5. The molecule has 0 radical (unpaired) electrons. The van der Waals surface area contributed by atoms with Crippen LogP contribution in [0.5, 0.6) is 0 Å². The first-order valence-corrected chi connectivity index (χ1v) is 5.39. The highest BCUT2D eigenvalue weighted by molar-refractivity contribution is 5.87. The molecular weight excluding hydrogens is 252 g/mol. The number of esters is 1. The zero-order valence-corrected chi connectivity index (χ0v) is 11.1. The van der Waals surface area contributed by atoms with Crippen molar-refractivity contribution in [1.29, 1.82) is 0 Å². The fourth-order valence-electron chi connectivity index (χ4n) is 1.77. The number of imidazole rings is 1. The van der Waals surface area contributed by atoms with Crippen LogP contribution < -0.4 is 0 Å². The number of aromatic nitrogens is 2. The minimum Gasteiger partial charge on any atom is -0.464 e. The first-order valence-electron chi connectivity index (χ1n) is 5.39. The molecule has 0 aliphatic rings. The van der Waals surface area contributed by atoms with Crippen molar-refractivity contribution in [2.45, 2.75) is 13.0 Å². The van der Waals surface area contributed by atoms with E-state index in [4.69, 9.17) is 4.74 Å². The van der Waals surface area contributed by atoms with Crippen molar-refractivity contribution in [2.24, 2.45) is 0 Å². The molecule has 1 aromatic heterocycles. The molecule has 0 unspecified atom stereocenters. The molecule has 0 aliphatic heterocycles. The van der Waals surface area contributed by atoms with Gasteiger partial charge >= 0.3 is 5.97 Å². The predicted octanol–water partition coefficient (Wildman–Crippen LogP) is 2.70. The summed E-state index contributed by atoms with van der Waals surface area (Å²) in [5.41, 5.74) is 1.58. The first kappa shape index (κ1) is 14.3. The van der Waals surface area contributed by atoms with E-state index in [1.165, 1.54) is 13.3 Å². The monoisotopic (exact) mass is 266 g/mol. The maximum Gasteiger partial charge on any atom is 0.356 e. The molecule has 5 heteroatoms. The molecule has 0 amide bonds. The van der Waals surface area contributed by atoms with E-state index in [1.807, 2.05) is 37.3 Å². The number of benzene rings is 1. The van der Waals surface area contributed by atoms with E-state index >= 15 is 0 Å². The Morgan fingerprint density at radius 3 is 2.61 bits per heavy atom. The summed E-state index contributed by atoms with van der Waals surface area (Å²) in [6.45, 7) is 2.02. The lowest BCUT2D eigenvalue weighted by atomic mass is 10.1. The van der Waals surface area contributed by atoms with Crippen LogP contribution in [0.1, 0.15) is 29.0 Å². The molecular formula is C13H15ClN2O2. The summed E-state index contributed by atoms with van der Waals surface area (Å²) in [5.74, 6) is -0.370. The average Bonchev–Trinajstić information content (AvgIpc) is 2.87.